The lowest BCUT2D eigenvalue weighted by Gasteiger charge is -2.14. The summed E-state index contributed by atoms with van der Waals surface area (Å²) in [5.41, 5.74) is 0.394. The highest BCUT2D eigenvalue weighted by Gasteiger charge is 2.17. The second-order valence-electron chi connectivity index (χ2n) is 3.25. The van der Waals surface area contributed by atoms with Crippen molar-refractivity contribution < 1.29 is 14.0 Å². The highest BCUT2D eigenvalue weighted by molar-refractivity contribution is 5.83. The van der Waals surface area contributed by atoms with Crippen molar-refractivity contribution in [3.05, 3.63) is 35.6 Å². The van der Waals surface area contributed by atoms with E-state index in [9.17, 15) is 14.0 Å². The van der Waals surface area contributed by atoms with Crippen LogP contribution in [-0.4, -0.2) is 25.4 Å². The molecule has 16 heavy (non-hydrogen) atoms. The molecule has 0 unspecified atom stereocenters. The SMILES string of the molecule is CNC(=O)[C@H](Cc1ccccc1F)NC=O. The topological polar surface area (TPSA) is 58.2 Å². The van der Waals surface area contributed by atoms with E-state index in [0.29, 0.717) is 12.0 Å². The molecule has 0 radical (unpaired) electrons. The van der Waals surface area contributed by atoms with Crippen molar-refractivity contribution in [2.45, 2.75) is 12.5 Å². The fourth-order valence-electron chi connectivity index (χ4n) is 1.37. The second kappa shape index (κ2) is 5.85. The minimum Gasteiger partial charge on any atom is -0.357 e. The van der Waals surface area contributed by atoms with Crippen LogP contribution in [0.4, 0.5) is 4.39 Å². The molecule has 5 heteroatoms. The molecule has 0 aliphatic heterocycles. The van der Waals surface area contributed by atoms with Crippen molar-refractivity contribution in [2.24, 2.45) is 0 Å². The Kier molecular flexibility index (Phi) is 4.44. The van der Waals surface area contributed by atoms with Gasteiger partial charge in [-0.2, -0.15) is 0 Å². The zero-order valence-corrected chi connectivity index (χ0v) is 8.87. The standard InChI is InChI=1S/C11H13FN2O2/c1-13-11(16)10(14-7-15)6-8-4-2-3-5-9(8)12/h2-5,7,10H,6H2,1H3,(H,13,16)(H,14,15)/t10-/m0/s1. The summed E-state index contributed by atoms with van der Waals surface area (Å²) < 4.78 is 13.3. The monoisotopic (exact) mass is 224 g/mol. The molecule has 1 aromatic carbocycles. The number of nitrogens with one attached hydrogen (secondary N) is 2. The maximum atomic E-state index is 13.3. The van der Waals surface area contributed by atoms with Crippen molar-refractivity contribution in [1.82, 2.24) is 10.6 Å². The number of carbonyl (C=O) groups excluding carboxylic acids is 2. The van der Waals surface area contributed by atoms with Gasteiger partial charge < -0.3 is 10.6 Å². The maximum Gasteiger partial charge on any atom is 0.242 e. The van der Waals surface area contributed by atoms with Crippen LogP contribution in [0.5, 0.6) is 0 Å². The predicted molar refractivity (Wildman–Crippen MR) is 57.2 cm³/mol. The van der Waals surface area contributed by atoms with Gasteiger partial charge in [0.25, 0.3) is 0 Å². The van der Waals surface area contributed by atoms with E-state index < -0.39 is 6.04 Å². The molecule has 0 bridgehead atoms. The van der Waals surface area contributed by atoms with Crippen LogP contribution in [0.3, 0.4) is 0 Å². The average molecular weight is 224 g/mol. The summed E-state index contributed by atoms with van der Waals surface area (Å²) in [5.74, 6) is -0.737. The van der Waals surface area contributed by atoms with Gasteiger partial charge in [0.2, 0.25) is 12.3 Å². The van der Waals surface area contributed by atoms with Crippen molar-refractivity contribution in [2.75, 3.05) is 7.05 Å². The van der Waals surface area contributed by atoms with Crippen molar-refractivity contribution in [1.29, 1.82) is 0 Å². The Labute approximate surface area is 92.8 Å². The quantitative estimate of drug-likeness (QED) is 0.703. The number of rotatable bonds is 5. The van der Waals surface area contributed by atoms with Crippen LogP contribution in [0.15, 0.2) is 24.3 Å². The molecule has 0 spiro atoms. The lowest BCUT2D eigenvalue weighted by molar-refractivity contribution is -0.124. The number of halogens is 1. The van der Waals surface area contributed by atoms with Crippen molar-refractivity contribution in [3.8, 4) is 0 Å². The Hall–Kier alpha value is -1.91. The van der Waals surface area contributed by atoms with E-state index in [1.807, 2.05) is 0 Å². The van der Waals surface area contributed by atoms with Crippen molar-refractivity contribution >= 4 is 12.3 Å². The number of benzene rings is 1. The molecule has 0 aromatic heterocycles. The summed E-state index contributed by atoms with van der Waals surface area (Å²) in [4.78, 5) is 21.7. The van der Waals surface area contributed by atoms with Crippen LogP contribution >= 0.6 is 0 Å². The molecule has 0 aliphatic carbocycles. The molecule has 4 nitrogen and oxygen atoms in total. The highest BCUT2D eigenvalue weighted by atomic mass is 19.1. The van der Waals surface area contributed by atoms with Crippen molar-refractivity contribution in [3.63, 3.8) is 0 Å². The van der Waals surface area contributed by atoms with Crippen LogP contribution in [0.2, 0.25) is 0 Å². The summed E-state index contributed by atoms with van der Waals surface area (Å²) in [6.45, 7) is 0. The molecule has 0 saturated carbocycles. The van der Waals surface area contributed by atoms with E-state index in [2.05, 4.69) is 10.6 Å². The van der Waals surface area contributed by atoms with Gasteiger partial charge in [0.15, 0.2) is 0 Å². The molecule has 0 saturated heterocycles. The third-order valence-corrected chi connectivity index (χ3v) is 2.21. The van der Waals surface area contributed by atoms with Crippen LogP contribution in [-0.2, 0) is 16.0 Å². The van der Waals surface area contributed by atoms with Gasteiger partial charge >= 0.3 is 0 Å². The number of hydrogen-bond donors (Lipinski definition) is 2. The predicted octanol–water partition coefficient (Wildman–Crippen LogP) is 0.229. The fraction of sp³-hybridized carbons (Fsp3) is 0.273. The lowest BCUT2D eigenvalue weighted by atomic mass is 10.1. The molecule has 1 atom stereocenters. The number of likely N-dealkylation sites (N-methyl/N-ethyl adjacent to an activating group) is 1. The van der Waals surface area contributed by atoms with Gasteiger partial charge in [0.1, 0.15) is 11.9 Å². The van der Waals surface area contributed by atoms with Crippen LogP contribution in [0, 0.1) is 5.82 Å². The Morgan fingerprint density at radius 2 is 2.19 bits per heavy atom. The van der Waals surface area contributed by atoms with E-state index in [0.717, 1.165) is 0 Å². The Balaban J connectivity index is 2.79. The van der Waals surface area contributed by atoms with Gasteiger partial charge in [-0.05, 0) is 11.6 Å². The van der Waals surface area contributed by atoms with Gasteiger partial charge in [0.05, 0.1) is 0 Å². The first-order valence-electron chi connectivity index (χ1n) is 4.83. The van der Waals surface area contributed by atoms with Gasteiger partial charge in [0, 0.05) is 13.5 Å². The number of carbonyl (C=O) groups is 2. The smallest absolute Gasteiger partial charge is 0.242 e. The lowest BCUT2D eigenvalue weighted by Crippen LogP contribution is -2.43. The van der Waals surface area contributed by atoms with Crippen LogP contribution in [0.25, 0.3) is 0 Å². The van der Waals surface area contributed by atoms with Crippen LogP contribution < -0.4 is 10.6 Å². The normalized spacial score (nSPS) is 11.6. The van der Waals surface area contributed by atoms with Gasteiger partial charge in [-0.25, -0.2) is 4.39 Å². The molecule has 0 aliphatic rings. The first-order valence-corrected chi connectivity index (χ1v) is 4.83. The number of amides is 2. The molecule has 0 fully saturated rings. The Morgan fingerprint density at radius 1 is 1.50 bits per heavy atom. The summed E-state index contributed by atoms with van der Waals surface area (Å²) in [7, 11) is 1.46. The first-order chi connectivity index (χ1) is 7.69. The summed E-state index contributed by atoms with van der Waals surface area (Å²) in [5, 5.41) is 4.76. The Morgan fingerprint density at radius 3 is 2.75 bits per heavy atom. The van der Waals surface area contributed by atoms with E-state index in [-0.39, 0.29) is 18.1 Å². The minimum atomic E-state index is -0.751. The first kappa shape index (κ1) is 12.2. The maximum absolute atomic E-state index is 13.3. The third-order valence-electron chi connectivity index (χ3n) is 2.21. The average Bonchev–Trinajstić information content (AvgIpc) is 2.30. The summed E-state index contributed by atoms with van der Waals surface area (Å²) in [6.07, 6.45) is 0.561. The molecule has 0 heterocycles. The molecular weight excluding hydrogens is 211 g/mol. The number of hydrogen-bond acceptors (Lipinski definition) is 2. The molecule has 2 amide bonds. The minimum absolute atomic E-state index is 0.130. The van der Waals surface area contributed by atoms with E-state index >= 15 is 0 Å². The summed E-state index contributed by atoms with van der Waals surface area (Å²) in [6, 6.07) is 5.40. The fourth-order valence-corrected chi connectivity index (χ4v) is 1.37. The summed E-state index contributed by atoms with van der Waals surface area (Å²) >= 11 is 0. The third kappa shape index (κ3) is 3.05. The largest absolute Gasteiger partial charge is 0.357 e. The zero-order chi connectivity index (χ0) is 12.0. The molecule has 1 aromatic rings. The van der Waals surface area contributed by atoms with Crippen LogP contribution in [0.1, 0.15) is 5.56 Å². The zero-order valence-electron chi connectivity index (χ0n) is 8.87. The highest BCUT2D eigenvalue weighted by Crippen LogP contribution is 2.09. The van der Waals surface area contributed by atoms with E-state index in [4.69, 9.17) is 0 Å². The second-order valence-corrected chi connectivity index (χ2v) is 3.25. The molecular formula is C11H13FN2O2. The molecule has 1 rings (SSSR count). The van der Waals surface area contributed by atoms with Gasteiger partial charge in [-0.15, -0.1) is 0 Å². The molecule has 2 N–H and O–H groups in total. The van der Waals surface area contributed by atoms with E-state index in [1.54, 1.807) is 18.2 Å². The van der Waals surface area contributed by atoms with E-state index in [1.165, 1.54) is 13.1 Å². The molecule has 86 valence electrons. The van der Waals surface area contributed by atoms with Gasteiger partial charge in [-0.3, -0.25) is 9.59 Å². The van der Waals surface area contributed by atoms with Gasteiger partial charge in [-0.1, -0.05) is 18.2 Å². The Bertz CT molecular complexity index is 382.